The van der Waals surface area contributed by atoms with Crippen LogP contribution in [0.5, 0.6) is 11.5 Å². The zero-order valence-corrected chi connectivity index (χ0v) is 23.4. The van der Waals surface area contributed by atoms with E-state index in [1.165, 1.54) is 17.7 Å². The number of amides is 1. The number of carbonyl (C=O) groups is 3. The highest BCUT2D eigenvalue weighted by Gasteiger charge is 2.21. The number of carboxylic acids is 1. The van der Waals surface area contributed by atoms with E-state index in [4.69, 9.17) is 9.47 Å². The largest absolute Gasteiger partial charge is 0.496 e. The maximum atomic E-state index is 13.8. The van der Waals surface area contributed by atoms with E-state index in [0.717, 1.165) is 24.0 Å². The first-order valence-electron chi connectivity index (χ1n) is 13.3. The summed E-state index contributed by atoms with van der Waals surface area (Å²) in [7, 11) is 3.12. The van der Waals surface area contributed by atoms with E-state index in [1.807, 2.05) is 25.1 Å². The minimum absolute atomic E-state index is 0.0410. The molecular formula is C34H33NO6. The number of benzene rings is 4. The number of rotatable bonds is 12. The molecule has 7 heteroatoms. The van der Waals surface area contributed by atoms with E-state index in [9.17, 15) is 19.5 Å². The number of ether oxygens (including phenoxy) is 2. The van der Waals surface area contributed by atoms with E-state index < -0.39 is 5.97 Å². The van der Waals surface area contributed by atoms with Crippen LogP contribution in [0.15, 0.2) is 91.0 Å². The second-order valence-electron chi connectivity index (χ2n) is 9.70. The van der Waals surface area contributed by atoms with Gasteiger partial charge in [-0.1, -0.05) is 72.8 Å². The average molecular weight is 552 g/mol. The minimum Gasteiger partial charge on any atom is -0.496 e. The zero-order valence-electron chi connectivity index (χ0n) is 23.4. The predicted octanol–water partition coefficient (Wildman–Crippen LogP) is 6.22. The number of hydrogen-bond acceptors (Lipinski definition) is 5. The predicted molar refractivity (Wildman–Crippen MR) is 157 cm³/mol. The van der Waals surface area contributed by atoms with E-state index in [1.54, 1.807) is 67.7 Å². The van der Waals surface area contributed by atoms with Crippen LogP contribution < -0.4 is 9.47 Å². The van der Waals surface area contributed by atoms with Gasteiger partial charge in [0.2, 0.25) is 0 Å². The number of carboxylic acid groups (broad SMARTS) is 1. The van der Waals surface area contributed by atoms with E-state index in [2.05, 4.69) is 12.1 Å². The molecule has 0 saturated heterocycles. The molecule has 0 fully saturated rings. The SMILES string of the molecule is COc1cc(C(=O)N(CCCc2ccccc2)Cc2ccc(C(=O)c3ccccc3C(=O)O)cc2)cc(OC)c1C. The highest BCUT2D eigenvalue weighted by Crippen LogP contribution is 2.30. The van der Waals surface area contributed by atoms with E-state index >= 15 is 0 Å². The van der Waals surface area contributed by atoms with Gasteiger partial charge < -0.3 is 19.5 Å². The van der Waals surface area contributed by atoms with Gasteiger partial charge in [-0.3, -0.25) is 9.59 Å². The molecule has 0 unspecified atom stereocenters. The first kappa shape index (κ1) is 29.1. The molecule has 0 radical (unpaired) electrons. The van der Waals surface area contributed by atoms with Crippen LogP contribution in [-0.4, -0.2) is 48.4 Å². The van der Waals surface area contributed by atoms with Crippen molar-refractivity contribution in [3.05, 3.63) is 130 Å². The molecule has 1 amide bonds. The molecule has 0 saturated carbocycles. The fourth-order valence-corrected chi connectivity index (χ4v) is 4.77. The number of nitrogens with zero attached hydrogens (tertiary/aromatic N) is 1. The summed E-state index contributed by atoms with van der Waals surface area (Å²) in [5, 5.41) is 9.47. The highest BCUT2D eigenvalue weighted by molar-refractivity contribution is 6.14. The summed E-state index contributed by atoms with van der Waals surface area (Å²) in [6.45, 7) is 2.71. The normalized spacial score (nSPS) is 10.6. The van der Waals surface area contributed by atoms with Gasteiger partial charge >= 0.3 is 5.97 Å². The van der Waals surface area contributed by atoms with E-state index in [0.29, 0.717) is 35.7 Å². The van der Waals surface area contributed by atoms with Gasteiger partial charge in [0.15, 0.2) is 5.78 Å². The molecule has 0 aliphatic carbocycles. The Bertz CT molecular complexity index is 1500. The van der Waals surface area contributed by atoms with Crippen molar-refractivity contribution in [1.82, 2.24) is 4.90 Å². The fourth-order valence-electron chi connectivity index (χ4n) is 4.77. The van der Waals surface area contributed by atoms with Crippen molar-refractivity contribution in [1.29, 1.82) is 0 Å². The van der Waals surface area contributed by atoms with Gasteiger partial charge in [0.05, 0.1) is 19.8 Å². The first-order valence-corrected chi connectivity index (χ1v) is 13.3. The molecule has 4 aromatic rings. The van der Waals surface area contributed by atoms with Gasteiger partial charge in [0.1, 0.15) is 11.5 Å². The van der Waals surface area contributed by atoms with Crippen molar-refractivity contribution in [2.24, 2.45) is 0 Å². The minimum atomic E-state index is -1.15. The number of aryl methyl sites for hydroxylation is 1. The van der Waals surface area contributed by atoms with Crippen LogP contribution >= 0.6 is 0 Å². The second kappa shape index (κ2) is 13.4. The molecule has 0 heterocycles. The van der Waals surface area contributed by atoms with Crippen molar-refractivity contribution < 1.29 is 29.0 Å². The lowest BCUT2D eigenvalue weighted by atomic mass is 9.97. The van der Waals surface area contributed by atoms with Crippen LogP contribution in [0.25, 0.3) is 0 Å². The van der Waals surface area contributed by atoms with E-state index in [-0.39, 0.29) is 22.8 Å². The monoisotopic (exact) mass is 551 g/mol. The summed E-state index contributed by atoms with van der Waals surface area (Å²) in [4.78, 5) is 40.2. The summed E-state index contributed by atoms with van der Waals surface area (Å²) in [5.74, 6) is -0.545. The molecule has 0 aliphatic rings. The third-order valence-corrected chi connectivity index (χ3v) is 7.01. The third kappa shape index (κ3) is 7.00. The Kier molecular flexibility index (Phi) is 9.53. The van der Waals surface area contributed by atoms with Crippen molar-refractivity contribution >= 4 is 17.7 Å². The summed E-state index contributed by atoms with van der Waals surface area (Å²) in [5.41, 5.74) is 3.77. The number of hydrogen-bond donors (Lipinski definition) is 1. The van der Waals surface area contributed by atoms with Crippen molar-refractivity contribution in [3.63, 3.8) is 0 Å². The van der Waals surface area contributed by atoms with Gasteiger partial charge in [0, 0.05) is 35.3 Å². The van der Waals surface area contributed by atoms with Crippen molar-refractivity contribution in [2.75, 3.05) is 20.8 Å². The fraction of sp³-hybridized carbons (Fsp3) is 0.206. The van der Waals surface area contributed by atoms with Crippen molar-refractivity contribution in [3.8, 4) is 11.5 Å². The maximum Gasteiger partial charge on any atom is 0.336 e. The summed E-state index contributed by atoms with van der Waals surface area (Å²) >= 11 is 0. The van der Waals surface area contributed by atoms with Gasteiger partial charge in [0.25, 0.3) is 5.91 Å². The second-order valence-corrected chi connectivity index (χ2v) is 9.70. The Morgan fingerprint density at radius 3 is 1.90 bits per heavy atom. The average Bonchev–Trinajstić information content (AvgIpc) is 3.00. The Balaban J connectivity index is 1.58. The summed E-state index contributed by atoms with van der Waals surface area (Å²) in [6.07, 6.45) is 1.58. The van der Waals surface area contributed by atoms with Crippen LogP contribution in [0.2, 0.25) is 0 Å². The smallest absolute Gasteiger partial charge is 0.336 e. The lowest BCUT2D eigenvalue weighted by Gasteiger charge is -2.24. The quantitative estimate of drug-likeness (QED) is 0.210. The molecular weight excluding hydrogens is 518 g/mol. The number of ketones is 1. The number of aromatic carboxylic acids is 1. The Hall–Kier alpha value is -4.91. The van der Waals surface area contributed by atoms with Gasteiger partial charge in [-0.05, 0) is 49.1 Å². The van der Waals surface area contributed by atoms with Crippen LogP contribution in [-0.2, 0) is 13.0 Å². The number of carbonyl (C=O) groups excluding carboxylic acids is 2. The van der Waals surface area contributed by atoms with Crippen LogP contribution in [0.4, 0.5) is 0 Å². The molecule has 0 spiro atoms. The molecule has 0 aromatic heterocycles. The molecule has 0 bridgehead atoms. The number of methoxy groups -OCH3 is 2. The van der Waals surface area contributed by atoms with Gasteiger partial charge in [-0.15, -0.1) is 0 Å². The Morgan fingerprint density at radius 2 is 1.32 bits per heavy atom. The van der Waals surface area contributed by atoms with Crippen molar-refractivity contribution in [2.45, 2.75) is 26.3 Å². The van der Waals surface area contributed by atoms with Crippen LogP contribution in [0, 0.1) is 6.92 Å². The lowest BCUT2D eigenvalue weighted by molar-refractivity contribution is 0.0691. The molecule has 41 heavy (non-hydrogen) atoms. The standard InChI is InChI=1S/C34H33NO6/c1-23-30(40-2)20-27(21-31(23)41-3)33(37)35(19-9-12-24-10-5-4-6-11-24)22-25-15-17-26(18-16-25)32(36)28-13-7-8-14-29(28)34(38)39/h4-8,10-11,13-18,20-21H,9,12,19,22H2,1-3H3,(H,38,39). The maximum absolute atomic E-state index is 13.8. The Morgan fingerprint density at radius 1 is 0.732 bits per heavy atom. The molecule has 0 aliphatic heterocycles. The Labute approximate surface area is 240 Å². The molecule has 0 atom stereocenters. The lowest BCUT2D eigenvalue weighted by Crippen LogP contribution is -2.32. The highest BCUT2D eigenvalue weighted by atomic mass is 16.5. The molecule has 4 rings (SSSR count). The summed E-state index contributed by atoms with van der Waals surface area (Å²) in [6, 6.07) is 26.7. The summed E-state index contributed by atoms with van der Waals surface area (Å²) < 4.78 is 11.0. The van der Waals surface area contributed by atoms with Crippen LogP contribution in [0.1, 0.15) is 59.7 Å². The molecule has 7 nitrogen and oxygen atoms in total. The van der Waals surface area contributed by atoms with Gasteiger partial charge in [-0.25, -0.2) is 4.79 Å². The first-order chi connectivity index (χ1) is 19.8. The third-order valence-electron chi connectivity index (χ3n) is 7.01. The van der Waals surface area contributed by atoms with Crippen LogP contribution in [0.3, 0.4) is 0 Å². The molecule has 4 aromatic carbocycles. The zero-order chi connectivity index (χ0) is 29.4. The van der Waals surface area contributed by atoms with Gasteiger partial charge in [-0.2, -0.15) is 0 Å². The molecule has 210 valence electrons. The molecule has 1 N–H and O–H groups in total. The topological polar surface area (TPSA) is 93.1 Å².